The number of aryl methyl sites for hydroxylation is 1. The molecule has 0 spiro atoms. The molecule has 0 saturated carbocycles. The summed E-state index contributed by atoms with van der Waals surface area (Å²) in [6.45, 7) is 2.50. The minimum Gasteiger partial charge on any atom is -0.319 e. The van der Waals surface area contributed by atoms with Crippen molar-refractivity contribution in [1.29, 1.82) is 0 Å². The van der Waals surface area contributed by atoms with Crippen LogP contribution in [-0.2, 0) is 6.54 Å². The summed E-state index contributed by atoms with van der Waals surface area (Å²) in [6, 6.07) is 10.0. The molecule has 3 aromatic rings. The number of benzene rings is 1. The van der Waals surface area contributed by atoms with Gasteiger partial charge in [-0.1, -0.05) is 30.3 Å². The van der Waals surface area contributed by atoms with Crippen LogP contribution in [0, 0.1) is 6.92 Å². The lowest BCUT2D eigenvalue weighted by Gasteiger charge is -2.02. The molecule has 2 heterocycles. The van der Waals surface area contributed by atoms with Crippen LogP contribution in [0.4, 0.5) is 0 Å². The predicted octanol–water partition coefficient (Wildman–Crippen LogP) is 2.44. The van der Waals surface area contributed by atoms with E-state index in [1.54, 1.807) is 6.20 Å². The number of hydrogen-bond acceptors (Lipinski definition) is 4. The van der Waals surface area contributed by atoms with Crippen LogP contribution >= 0.6 is 11.3 Å². The zero-order chi connectivity index (χ0) is 15.4. The first-order valence-electron chi connectivity index (χ1n) is 6.78. The molecule has 0 atom stereocenters. The molecule has 0 saturated heterocycles. The molecule has 0 radical (unpaired) electrons. The molecule has 0 unspecified atom stereocenters. The van der Waals surface area contributed by atoms with Gasteiger partial charge in [-0.2, -0.15) is 4.99 Å². The minimum atomic E-state index is -0.378. The van der Waals surface area contributed by atoms with Crippen LogP contribution in [-0.4, -0.2) is 20.4 Å². The summed E-state index contributed by atoms with van der Waals surface area (Å²) in [5.41, 5.74) is 2.18. The van der Waals surface area contributed by atoms with E-state index in [1.165, 1.54) is 17.5 Å². The second-order valence-corrected chi connectivity index (χ2v) is 5.63. The number of thiazole rings is 1. The van der Waals surface area contributed by atoms with Crippen molar-refractivity contribution in [3.63, 3.8) is 0 Å². The summed E-state index contributed by atoms with van der Waals surface area (Å²) < 4.78 is 1.94. The Balaban J connectivity index is 1.87. The predicted molar refractivity (Wildman–Crippen MR) is 84.5 cm³/mol. The van der Waals surface area contributed by atoms with Crippen molar-refractivity contribution >= 4 is 17.2 Å². The van der Waals surface area contributed by atoms with Gasteiger partial charge in [0.15, 0.2) is 4.80 Å². The smallest absolute Gasteiger partial charge is 0.299 e. The van der Waals surface area contributed by atoms with E-state index in [9.17, 15) is 4.79 Å². The summed E-state index contributed by atoms with van der Waals surface area (Å²) >= 11 is 1.42. The lowest BCUT2D eigenvalue weighted by atomic mass is 10.2. The Morgan fingerprint density at radius 3 is 2.77 bits per heavy atom. The molecule has 1 aromatic carbocycles. The molecule has 0 fully saturated rings. The number of hydrogen-bond donors (Lipinski definition) is 0. The minimum absolute atomic E-state index is 0.255. The molecule has 22 heavy (non-hydrogen) atoms. The summed E-state index contributed by atoms with van der Waals surface area (Å²) in [6.07, 6.45) is 4.94. The van der Waals surface area contributed by atoms with Crippen LogP contribution in [0.15, 0.2) is 59.3 Å². The van der Waals surface area contributed by atoms with Crippen LogP contribution in [0.2, 0.25) is 0 Å². The maximum Gasteiger partial charge on any atom is 0.299 e. The fourth-order valence-electron chi connectivity index (χ4n) is 1.93. The second-order valence-electron chi connectivity index (χ2n) is 4.76. The van der Waals surface area contributed by atoms with Gasteiger partial charge in [0.25, 0.3) is 5.91 Å². The van der Waals surface area contributed by atoms with Crippen LogP contribution in [0.1, 0.15) is 21.7 Å². The van der Waals surface area contributed by atoms with Crippen molar-refractivity contribution < 1.29 is 4.79 Å². The van der Waals surface area contributed by atoms with Crippen LogP contribution in [0.25, 0.3) is 0 Å². The molecule has 1 amide bonds. The third-order valence-electron chi connectivity index (χ3n) is 3.05. The van der Waals surface area contributed by atoms with Crippen molar-refractivity contribution in [2.24, 2.45) is 4.99 Å². The molecular formula is C16H14N4OS. The molecule has 0 N–H and O–H groups in total. The number of aromatic nitrogens is 3. The summed E-state index contributed by atoms with van der Waals surface area (Å²) in [4.78, 5) is 25.1. The van der Waals surface area contributed by atoms with Crippen molar-refractivity contribution in [2.45, 2.75) is 13.5 Å². The van der Waals surface area contributed by atoms with Gasteiger partial charge in [0, 0.05) is 24.3 Å². The quantitative estimate of drug-likeness (QED) is 0.746. The molecule has 3 rings (SSSR count). The SMILES string of the molecule is Cc1cnc(C(=O)N=c2sccn2Cc2ccccc2)cn1. The molecule has 0 aliphatic carbocycles. The highest BCUT2D eigenvalue weighted by Crippen LogP contribution is 2.02. The average Bonchev–Trinajstić information content (AvgIpc) is 2.96. The highest BCUT2D eigenvalue weighted by molar-refractivity contribution is 7.07. The van der Waals surface area contributed by atoms with E-state index in [0.717, 1.165) is 11.3 Å². The van der Waals surface area contributed by atoms with E-state index in [0.29, 0.717) is 11.3 Å². The first kappa shape index (κ1) is 14.3. The highest BCUT2D eigenvalue weighted by Gasteiger charge is 2.07. The van der Waals surface area contributed by atoms with E-state index < -0.39 is 0 Å². The summed E-state index contributed by atoms with van der Waals surface area (Å²) in [7, 11) is 0. The third kappa shape index (κ3) is 3.35. The van der Waals surface area contributed by atoms with Gasteiger partial charge in [-0.3, -0.25) is 9.78 Å². The Bertz CT molecular complexity index is 834. The number of amides is 1. The number of carbonyl (C=O) groups excluding carboxylic acids is 1. The monoisotopic (exact) mass is 310 g/mol. The van der Waals surface area contributed by atoms with Crippen LogP contribution in [0.5, 0.6) is 0 Å². The van der Waals surface area contributed by atoms with E-state index in [1.807, 2.05) is 53.4 Å². The fourth-order valence-corrected chi connectivity index (χ4v) is 2.66. The van der Waals surface area contributed by atoms with E-state index >= 15 is 0 Å². The topological polar surface area (TPSA) is 60.1 Å². The molecule has 2 aromatic heterocycles. The maximum absolute atomic E-state index is 12.2. The van der Waals surface area contributed by atoms with Gasteiger partial charge in [0.05, 0.1) is 11.9 Å². The first-order valence-corrected chi connectivity index (χ1v) is 7.66. The van der Waals surface area contributed by atoms with Crippen LogP contribution in [0.3, 0.4) is 0 Å². The van der Waals surface area contributed by atoms with Crippen molar-refractivity contribution in [3.8, 4) is 0 Å². The largest absolute Gasteiger partial charge is 0.319 e. The number of nitrogens with zero attached hydrogens (tertiary/aromatic N) is 4. The molecule has 110 valence electrons. The Labute approximate surface area is 131 Å². The van der Waals surface area contributed by atoms with Gasteiger partial charge >= 0.3 is 0 Å². The molecule has 0 aliphatic rings. The number of carbonyl (C=O) groups is 1. The summed E-state index contributed by atoms with van der Waals surface area (Å²) in [5.74, 6) is -0.378. The average molecular weight is 310 g/mol. The molecule has 0 bridgehead atoms. The Morgan fingerprint density at radius 1 is 1.23 bits per heavy atom. The first-order chi connectivity index (χ1) is 10.7. The fraction of sp³-hybridized carbons (Fsp3) is 0.125. The van der Waals surface area contributed by atoms with Crippen molar-refractivity contribution in [3.05, 3.63) is 76.1 Å². The zero-order valence-corrected chi connectivity index (χ0v) is 12.8. The Hall–Kier alpha value is -2.60. The van der Waals surface area contributed by atoms with Gasteiger partial charge in [-0.05, 0) is 12.5 Å². The van der Waals surface area contributed by atoms with Crippen molar-refractivity contribution in [1.82, 2.24) is 14.5 Å². The van der Waals surface area contributed by atoms with Gasteiger partial charge in [-0.15, -0.1) is 11.3 Å². The molecular weight excluding hydrogens is 296 g/mol. The van der Waals surface area contributed by atoms with Crippen LogP contribution < -0.4 is 4.80 Å². The third-order valence-corrected chi connectivity index (χ3v) is 3.85. The van der Waals surface area contributed by atoms with Gasteiger partial charge in [0.1, 0.15) is 5.69 Å². The van der Waals surface area contributed by atoms with E-state index in [2.05, 4.69) is 15.0 Å². The number of rotatable bonds is 3. The summed E-state index contributed by atoms with van der Waals surface area (Å²) in [5, 5.41) is 1.91. The standard InChI is InChI=1S/C16H14N4OS/c1-12-9-18-14(10-17-12)15(21)19-16-20(7-8-22-16)11-13-5-3-2-4-6-13/h2-10H,11H2,1H3. The van der Waals surface area contributed by atoms with E-state index in [4.69, 9.17) is 0 Å². The van der Waals surface area contributed by atoms with Gasteiger partial charge in [-0.25, -0.2) is 4.98 Å². The lowest BCUT2D eigenvalue weighted by Crippen LogP contribution is -2.17. The highest BCUT2D eigenvalue weighted by atomic mass is 32.1. The Kier molecular flexibility index (Phi) is 4.20. The Morgan fingerprint density at radius 2 is 2.05 bits per heavy atom. The normalized spacial score (nSPS) is 11.6. The maximum atomic E-state index is 12.2. The van der Waals surface area contributed by atoms with E-state index in [-0.39, 0.29) is 11.6 Å². The molecule has 5 nitrogen and oxygen atoms in total. The zero-order valence-electron chi connectivity index (χ0n) is 12.0. The lowest BCUT2D eigenvalue weighted by molar-refractivity contribution is 0.0992. The molecule has 6 heteroatoms. The van der Waals surface area contributed by atoms with Gasteiger partial charge in [0.2, 0.25) is 0 Å². The molecule has 0 aliphatic heterocycles. The second kappa shape index (κ2) is 6.44. The van der Waals surface area contributed by atoms with Gasteiger partial charge < -0.3 is 4.57 Å². The van der Waals surface area contributed by atoms with Crippen molar-refractivity contribution in [2.75, 3.05) is 0 Å².